The molecule has 11 heteroatoms. The van der Waals surface area contributed by atoms with Crippen molar-refractivity contribution < 1.29 is 27.1 Å². The van der Waals surface area contributed by atoms with Gasteiger partial charge in [0.2, 0.25) is 15.9 Å². The molecule has 0 saturated carbocycles. The first-order chi connectivity index (χ1) is 16.8. The molecule has 0 aliphatic heterocycles. The van der Waals surface area contributed by atoms with Crippen LogP contribution in [-0.2, 0) is 10.0 Å². The van der Waals surface area contributed by atoms with E-state index in [1.807, 2.05) is 20.8 Å². The van der Waals surface area contributed by atoms with Crippen molar-refractivity contribution in [1.82, 2.24) is 14.5 Å². The maximum Gasteiger partial charge on any atom is 0.322 e. The molecule has 3 rings (SSSR count). The van der Waals surface area contributed by atoms with E-state index >= 15 is 0 Å². The number of aromatic nitrogens is 2. The quantitative estimate of drug-likeness (QED) is 0.391. The number of amides is 1. The van der Waals surface area contributed by atoms with E-state index in [-0.39, 0.29) is 22.4 Å². The highest BCUT2D eigenvalue weighted by Crippen LogP contribution is 2.33. The minimum absolute atomic E-state index is 0.0900. The normalized spacial score (nSPS) is 11.5. The molecule has 0 radical (unpaired) electrons. The number of anilines is 1. The van der Waals surface area contributed by atoms with Gasteiger partial charge >= 0.3 is 6.01 Å². The Balaban J connectivity index is 1.71. The average Bonchev–Trinajstić information content (AvgIpc) is 3.32. The molecular formula is C24H30N4O6S. The largest absolute Gasteiger partial charge is 0.490 e. The number of nitrogens with one attached hydrogen (secondary N) is 1. The number of nitrogens with zero attached hydrogens (tertiary/aromatic N) is 3. The second kappa shape index (κ2) is 11.8. The van der Waals surface area contributed by atoms with E-state index in [4.69, 9.17) is 13.9 Å². The highest BCUT2D eigenvalue weighted by molar-refractivity contribution is 7.89. The van der Waals surface area contributed by atoms with Crippen molar-refractivity contribution in [2.75, 3.05) is 32.1 Å². The summed E-state index contributed by atoms with van der Waals surface area (Å²) in [6.07, 6.45) is 1.66. The smallest absolute Gasteiger partial charge is 0.322 e. The fourth-order valence-electron chi connectivity index (χ4n) is 3.20. The zero-order valence-corrected chi connectivity index (χ0v) is 21.1. The number of rotatable bonds is 12. The van der Waals surface area contributed by atoms with Crippen molar-refractivity contribution in [2.45, 2.75) is 38.5 Å². The third-order valence-corrected chi connectivity index (χ3v) is 6.96. The molecule has 1 heterocycles. The summed E-state index contributed by atoms with van der Waals surface area (Å²) in [6.45, 7) is 7.14. The molecule has 0 bridgehead atoms. The van der Waals surface area contributed by atoms with E-state index in [9.17, 15) is 13.2 Å². The van der Waals surface area contributed by atoms with Crippen LogP contribution in [0.25, 0.3) is 11.5 Å². The van der Waals surface area contributed by atoms with E-state index in [1.54, 1.807) is 25.2 Å². The van der Waals surface area contributed by atoms with Gasteiger partial charge in [0.15, 0.2) is 11.5 Å². The Kier molecular flexibility index (Phi) is 8.83. The summed E-state index contributed by atoms with van der Waals surface area (Å²) in [5, 5.41) is 10.4. The van der Waals surface area contributed by atoms with Crippen molar-refractivity contribution in [3.63, 3.8) is 0 Å². The first kappa shape index (κ1) is 26.2. The molecule has 0 aliphatic carbocycles. The standard InChI is InChI=1S/C24H30N4O6S/c1-5-8-15-28(4)35(30,31)19-12-9-17(10-13-19)22(29)25-24-27-26-23(34-24)18-11-14-20(32-6-2)21(16-18)33-7-3/h9-14,16H,5-8,15H2,1-4H3,(H,25,27,29). The molecule has 35 heavy (non-hydrogen) atoms. The first-order valence-corrected chi connectivity index (χ1v) is 12.8. The number of hydrogen-bond acceptors (Lipinski definition) is 8. The van der Waals surface area contributed by atoms with E-state index in [2.05, 4.69) is 15.5 Å². The lowest BCUT2D eigenvalue weighted by molar-refractivity contribution is 0.102. The summed E-state index contributed by atoms with van der Waals surface area (Å²) in [7, 11) is -2.07. The minimum Gasteiger partial charge on any atom is -0.490 e. The number of hydrogen-bond donors (Lipinski definition) is 1. The fourth-order valence-corrected chi connectivity index (χ4v) is 4.41. The van der Waals surface area contributed by atoms with E-state index < -0.39 is 15.9 Å². The minimum atomic E-state index is -3.61. The van der Waals surface area contributed by atoms with Gasteiger partial charge in [-0.15, -0.1) is 5.10 Å². The number of carbonyl (C=O) groups is 1. The summed E-state index contributed by atoms with van der Waals surface area (Å²) < 4.78 is 43.4. The Bertz CT molecular complexity index is 1240. The van der Waals surface area contributed by atoms with Gasteiger partial charge in [0.25, 0.3) is 5.91 Å². The second-order valence-corrected chi connectivity index (χ2v) is 9.64. The molecule has 3 aromatic rings. The van der Waals surface area contributed by atoms with Crippen molar-refractivity contribution in [3.05, 3.63) is 48.0 Å². The third-order valence-electron chi connectivity index (χ3n) is 5.09. The van der Waals surface area contributed by atoms with Crippen LogP contribution in [0.4, 0.5) is 6.01 Å². The van der Waals surface area contributed by atoms with Gasteiger partial charge in [-0.3, -0.25) is 10.1 Å². The van der Waals surface area contributed by atoms with Gasteiger partial charge in [0.1, 0.15) is 0 Å². The second-order valence-electron chi connectivity index (χ2n) is 7.60. The lowest BCUT2D eigenvalue weighted by atomic mass is 10.2. The molecular weight excluding hydrogens is 472 g/mol. The Hall–Kier alpha value is -3.44. The molecule has 0 spiro atoms. The van der Waals surface area contributed by atoms with Crippen LogP contribution in [0, 0.1) is 0 Å². The van der Waals surface area contributed by atoms with Crippen molar-refractivity contribution >= 4 is 21.9 Å². The van der Waals surface area contributed by atoms with Crippen LogP contribution in [0.3, 0.4) is 0 Å². The molecule has 0 fully saturated rings. The monoisotopic (exact) mass is 502 g/mol. The van der Waals surface area contributed by atoms with E-state index in [0.717, 1.165) is 12.8 Å². The SMILES string of the molecule is CCCCN(C)S(=O)(=O)c1ccc(C(=O)Nc2nnc(-c3ccc(OCC)c(OCC)c3)o2)cc1. The molecule has 1 aromatic heterocycles. The zero-order valence-electron chi connectivity index (χ0n) is 20.3. The van der Waals surface area contributed by atoms with E-state index in [0.29, 0.717) is 36.8 Å². The Morgan fingerprint density at radius 1 is 1.00 bits per heavy atom. The summed E-state index contributed by atoms with van der Waals surface area (Å²) in [6, 6.07) is 10.8. The summed E-state index contributed by atoms with van der Waals surface area (Å²) in [5.41, 5.74) is 0.853. The number of benzene rings is 2. The fraction of sp³-hybridized carbons (Fsp3) is 0.375. The highest BCUT2D eigenvalue weighted by Gasteiger charge is 2.21. The molecule has 1 amide bonds. The van der Waals surface area contributed by atoms with Crippen LogP contribution in [-0.4, -0.2) is 55.6 Å². The van der Waals surface area contributed by atoms with Gasteiger partial charge in [0.05, 0.1) is 18.1 Å². The molecule has 0 atom stereocenters. The van der Waals surface area contributed by atoms with Crippen molar-refractivity contribution in [1.29, 1.82) is 0 Å². The molecule has 0 unspecified atom stereocenters. The van der Waals surface area contributed by atoms with Crippen LogP contribution in [0.2, 0.25) is 0 Å². The number of carbonyl (C=O) groups excluding carboxylic acids is 1. The van der Waals surface area contributed by atoms with Gasteiger partial charge in [-0.1, -0.05) is 18.4 Å². The lowest BCUT2D eigenvalue weighted by Crippen LogP contribution is -2.28. The van der Waals surface area contributed by atoms with Crippen LogP contribution in [0.15, 0.2) is 51.8 Å². The predicted octanol–water partition coefficient (Wildman–Crippen LogP) is 4.21. The Labute approximate surface area is 205 Å². The molecule has 1 N–H and O–H groups in total. The molecule has 10 nitrogen and oxygen atoms in total. The first-order valence-electron chi connectivity index (χ1n) is 11.4. The molecule has 0 saturated heterocycles. The predicted molar refractivity (Wildman–Crippen MR) is 131 cm³/mol. The van der Waals surface area contributed by atoms with Gasteiger partial charge in [0, 0.05) is 24.7 Å². The summed E-state index contributed by atoms with van der Waals surface area (Å²) >= 11 is 0. The number of ether oxygens (including phenoxy) is 2. The summed E-state index contributed by atoms with van der Waals surface area (Å²) in [4.78, 5) is 12.7. The zero-order chi connectivity index (χ0) is 25.4. The lowest BCUT2D eigenvalue weighted by Gasteiger charge is -2.16. The number of sulfonamides is 1. The van der Waals surface area contributed by atoms with Crippen molar-refractivity contribution in [2.24, 2.45) is 0 Å². The van der Waals surface area contributed by atoms with Gasteiger partial charge < -0.3 is 13.9 Å². The average molecular weight is 503 g/mol. The van der Waals surface area contributed by atoms with E-state index in [1.165, 1.54) is 28.6 Å². The Morgan fingerprint density at radius 2 is 1.69 bits per heavy atom. The Morgan fingerprint density at radius 3 is 2.34 bits per heavy atom. The van der Waals surface area contributed by atoms with Crippen LogP contribution in [0.5, 0.6) is 11.5 Å². The van der Waals surface area contributed by atoms with Crippen LogP contribution < -0.4 is 14.8 Å². The van der Waals surface area contributed by atoms with Crippen molar-refractivity contribution in [3.8, 4) is 23.0 Å². The maximum atomic E-state index is 12.6. The van der Waals surface area contributed by atoms with Gasteiger partial charge in [-0.05, 0) is 62.7 Å². The molecule has 188 valence electrons. The maximum absolute atomic E-state index is 12.6. The topological polar surface area (TPSA) is 124 Å². The number of unbranched alkanes of at least 4 members (excludes halogenated alkanes) is 1. The van der Waals surface area contributed by atoms with Gasteiger partial charge in [-0.25, -0.2) is 12.7 Å². The van der Waals surface area contributed by atoms with Gasteiger partial charge in [-0.2, -0.15) is 0 Å². The van der Waals surface area contributed by atoms with Crippen LogP contribution >= 0.6 is 0 Å². The molecule has 0 aliphatic rings. The summed E-state index contributed by atoms with van der Waals surface area (Å²) in [5.74, 6) is 0.838. The molecule has 2 aromatic carbocycles. The van der Waals surface area contributed by atoms with Crippen LogP contribution in [0.1, 0.15) is 44.0 Å². The highest BCUT2D eigenvalue weighted by atomic mass is 32.2. The third kappa shape index (κ3) is 6.37.